The summed E-state index contributed by atoms with van der Waals surface area (Å²) in [4.78, 5) is 18.8. The number of morpholine rings is 1. The van der Waals surface area contributed by atoms with E-state index in [2.05, 4.69) is 4.98 Å². The van der Waals surface area contributed by atoms with Crippen molar-refractivity contribution in [2.45, 2.75) is 12.5 Å². The van der Waals surface area contributed by atoms with Gasteiger partial charge in [0.1, 0.15) is 11.8 Å². The van der Waals surface area contributed by atoms with Crippen molar-refractivity contribution in [3.8, 4) is 0 Å². The summed E-state index contributed by atoms with van der Waals surface area (Å²) in [6, 6.07) is 5.39. The van der Waals surface area contributed by atoms with Gasteiger partial charge >= 0.3 is 0 Å². The quantitative estimate of drug-likeness (QED) is 0.877. The zero-order valence-corrected chi connectivity index (χ0v) is 15.2. The summed E-state index contributed by atoms with van der Waals surface area (Å²) >= 11 is 13.5. The molecule has 0 spiro atoms. The fraction of sp³-hybridized carbons (Fsp3) is 0.375. The van der Waals surface area contributed by atoms with Crippen LogP contribution in [0, 0.1) is 0 Å². The van der Waals surface area contributed by atoms with Crippen molar-refractivity contribution in [2.24, 2.45) is 5.73 Å². The van der Waals surface area contributed by atoms with Crippen molar-refractivity contribution in [1.82, 2.24) is 9.88 Å². The first-order chi connectivity index (χ1) is 11.6. The summed E-state index contributed by atoms with van der Waals surface area (Å²) in [5, 5.41) is 3.65. The minimum absolute atomic E-state index is 0.0807. The molecular weight excluding hydrogens is 369 g/mol. The molecule has 0 radical (unpaired) electrons. The zero-order valence-electron chi connectivity index (χ0n) is 12.9. The molecule has 1 aliphatic rings. The number of amides is 1. The van der Waals surface area contributed by atoms with E-state index in [4.69, 9.17) is 33.7 Å². The van der Waals surface area contributed by atoms with E-state index in [1.54, 1.807) is 22.4 Å². The number of ether oxygens (including phenoxy) is 1. The van der Waals surface area contributed by atoms with Crippen molar-refractivity contribution < 1.29 is 9.53 Å². The van der Waals surface area contributed by atoms with Crippen molar-refractivity contribution in [3.05, 3.63) is 49.9 Å². The molecule has 2 heterocycles. The lowest BCUT2D eigenvalue weighted by Gasteiger charge is -2.33. The number of nitrogens with two attached hydrogens (primary N) is 1. The normalized spacial score (nSPS) is 18.0. The summed E-state index contributed by atoms with van der Waals surface area (Å²) in [7, 11) is 0. The molecule has 0 bridgehead atoms. The molecule has 0 saturated carbocycles. The van der Waals surface area contributed by atoms with Crippen LogP contribution in [0.1, 0.15) is 27.2 Å². The second-order valence-corrected chi connectivity index (χ2v) is 7.21. The molecule has 1 aromatic heterocycles. The van der Waals surface area contributed by atoms with Gasteiger partial charge in [-0.05, 0) is 24.2 Å². The topological polar surface area (TPSA) is 68.5 Å². The van der Waals surface area contributed by atoms with E-state index in [0.29, 0.717) is 48.4 Å². The molecule has 1 unspecified atom stereocenters. The molecule has 3 rings (SSSR count). The van der Waals surface area contributed by atoms with Crippen LogP contribution >= 0.6 is 34.5 Å². The van der Waals surface area contributed by atoms with Gasteiger partial charge in [0.05, 0.1) is 28.2 Å². The molecule has 0 aliphatic carbocycles. The Hall–Kier alpha value is -1.18. The van der Waals surface area contributed by atoms with E-state index in [1.807, 2.05) is 6.07 Å². The lowest BCUT2D eigenvalue weighted by Crippen LogP contribution is -2.42. The van der Waals surface area contributed by atoms with Gasteiger partial charge in [0.15, 0.2) is 0 Å². The highest BCUT2D eigenvalue weighted by atomic mass is 35.5. The number of carbonyl (C=O) groups is 1. The van der Waals surface area contributed by atoms with Crippen LogP contribution in [0.4, 0.5) is 0 Å². The monoisotopic (exact) mass is 385 g/mol. The van der Waals surface area contributed by atoms with Gasteiger partial charge < -0.3 is 15.4 Å². The van der Waals surface area contributed by atoms with Gasteiger partial charge in [0.25, 0.3) is 5.91 Å². The third-order valence-electron chi connectivity index (χ3n) is 3.80. The number of hydrogen-bond donors (Lipinski definition) is 1. The van der Waals surface area contributed by atoms with E-state index >= 15 is 0 Å². The molecule has 8 heteroatoms. The molecule has 128 valence electrons. The lowest BCUT2D eigenvalue weighted by atomic mass is 10.1. The summed E-state index contributed by atoms with van der Waals surface area (Å²) in [6.07, 6.45) is 0.465. The van der Waals surface area contributed by atoms with Crippen LogP contribution in [-0.4, -0.2) is 42.0 Å². The third kappa shape index (κ3) is 3.90. The average Bonchev–Trinajstić information content (AvgIpc) is 3.06. The number of hydrogen-bond acceptors (Lipinski definition) is 5. The molecule has 1 atom stereocenters. The summed E-state index contributed by atoms with van der Waals surface area (Å²) < 4.78 is 5.79. The fourth-order valence-electron chi connectivity index (χ4n) is 2.56. The molecule has 2 N–H and O–H groups in total. The van der Waals surface area contributed by atoms with Crippen molar-refractivity contribution in [2.75, 3.05) is 26.2 Å². The van der Waals surface area contributed by atoms with Crippen LogP contribution in [0.3, 0.4) is 0 Å². The van der Waals surface area contributed by atoms with Crippen molar-refractivity contribution >= 4 is 40.4 Å². The van der Waals surface area contributed by atoms with Crippen molar-refractivity contribution in [1.29, 1.82) is 0 Å². The molecule has 1 fully saturated rings. The standard InChI is InChI=1S/C16H17Cl2N3O2S/c17-11-2-1-10(7-12(11)18)14-8-21(5-6-23-14)16(22)13-9-24-15(20-13)3-4-19/h1-2,7,9,14H,3-6,8,19H2. The Kier molecular flexibility index (Phi) is 5.73. The Labute approximate surface area is 154 Å². The Morgan fingerprint density at radius 3 is 3.00 bits per heavy atom. The number of rotatable bonds is 4. The molecule has 1 aliphatic heterocycles. The van der Waals surface area contributed by atoms with E-state index in [-0.39, 0.29) is 12.0 Å². The largest absolute Gasteiger partial charge is 0.370 e. The maximum atomic E-state index is 12.7. The SMILES string of the molecule is NCCc1nc(C(=O)N2CCOC(c3ccc(Cl)c(Cl)c3)C2)cs1. The van der Waals surface area contributed by atoms with Gasteiger partial charge in [-0.1, -0.05) is 29.3 Å². The Bertz CT molecular complexity index is 738. The van der Waals surface area contributed by atoms with Gasteiger partial charge in [-0.3, -0.25) is 4.79 Å². The van der Waals surface area contributed by atoms with E-state index in [0.717, 1.165) is 10.6 Å². The van der Waals surface area contributed by atoms with Crippen LogP contribution in [0.25, 0.3) is 0 Å². The van der Waals surface area contributed by atoms with Gasteiger partial charge in [-0.25, -0.2) is 4.98 Å². The maximum absolute atomic E-state index is 12.7. The zero-order chi connectivity index (χ0) is 17.1. The lowest BCUT2D eigenvalue weighted by molar-refractivity contribution is -0.0229. The summed E-state index contributed by atoms with van der Waals surface area (Å²) in [6.45, 7) is 2.00. The summed E-state index contributed by atoms with van der Waals surface area (Å²) in [5.74, 6) is -0.0807. The molecule has 24 heavy (non-hydrogen) atoms. The Morgan fingerprint density at radius 1 is 1.42 bits per heavy atom. The smallest absolute Gasteiger partial charge is 0.273 e. The molecule has 2 aromatic rings. The predicted molar refractivity (Wildman–Crippen MR) is 95.9 cm³/mol. The van der Waals surface area contributed by atoms with Crippen LogP contribution in [0.15, 0.2) is 23.6 Å². The molecule has 5 nitrogen and oxygen atoms in total. The van der Waals surface area contributed by atoms with Crippen LogP contribution in [0.2, 0.25) is 10.0 Å². The van der Waals surface area contributed by atoms with E-state index in [9.17, 15) is 4.79 Å². The van der Waals surface area contributed by atoms with Gasteiger partial charge in [-0.15, -0.1) is 11.3 Å². The van der Waals surface area contributed by atoms with Crippen molar-refractivity contribution in [3.63, 3.8) is 0 Å². The van der Waals surface area contributed by atoms with Crippen LogP contribution in [-0.2, 0) is 11.2 Å². The first-order valence-corrected chi connectivity index (χ1v) is 9.22. The highest BCUT2D eigenvalue weighted by Crippen LogP contribution is 2.29. The molecule has 1 aromatic carbocycles. The first-order valence-electron chi connectivity index (χ1n) is 7.59. The number of thiazole rings is 1. The number of carbonyl (C=O) groups excluding carboxylic acids is 1. The van der Waals surface area contributed by atoms with Crippen LogP contribution in [0.5, 0.6) is 0 Å². The van der Waals surface area contributed by atoms with Crippen LogP contribution < -0.4 is 5.73 Å². The van der Waals surface area contributed by atoms with Gasteiger partial charge in [0.2, 0.25) is 0 Å². The third-order valence-corrected chi connectivity index (χ3v) is 5.45. The molecule has 1 saturated heterocycles. The second kappa shape index (κ2) is 7.80. The Balaban J connectivity index is 1.72. The molecule has 1 amide bonds. The highest BCUT2D eigenvalue weighted by Gasteiger charge is 2.27. The van der Waals surface area contributed by atoms with Gasteiger partial charge in [0, 0.05) is 18.3 Å². The average molecular weight is 386 g/mol. The predicted octanol–water partition coefficient (Wildman–Crippen LogP) is 3.16. The van der Waals surface area contributed by atoms with E-state index in [1.165, 1.54) is 11.3 Å². The summed E-state index contributed by atoms with van der Waals surface area (Å²) in [5.41, 5.74) is 6.91. The number of aromatic nitrogens is 1. The first kappa shape index (κ1) is 17.6. The minimum atomic E-state index is -0.223. The second-order valence-electron chi connectivity index (χ2n) is 5.45. The van der Waals surface area contributed by atoms with E-state index < -0.39 is 0 Å². The van der Waals surface area contributed by atoms with Gasteiger partial charge in [-0.2, -0.15) is 0 Å². The number of nitrogens with zero attached hydrogens (tertiary/aromatic N) is 2. The minimum Gasteiger partial charge on any atom is -0.370 e. The highest BCUT2D eigenvalue weighted by molar-refractivity contribution is 7.09. The molecular formula is C16H17Cl2N3O2S. The number of benzene rings is 1. The fourth-order valence-corrected chi connectivity index (χ4v) is 3.65. The number of halogens is 2. The maximum Gasteiger partial charge on any atom is 0.273 e. The Morgan fingerprint density at radius 2 is 2.25 bits per heavy atom.